The minimum Gasteiger partial charge on any atom is -0.497 e. The average molecular weight is 300 g/mol. The van der Waals surface area contributed by atoms with Crippen LogP contribution in [0.4, 0.5) is 5.82 Å². The van der Waals surface area contributed by atoms with Gasteiger partial charge in [0.25, 0.3) is 0 Å². The van der Waals surface area contributed by atoms with Crippen molar-refractivity contribution in [1.29, 1.82) is 5.26 Å². The largest absolute Gasteiger partial charge is 0.497 e. The minimum absolute atomic E-state index is 0.500. The van der Waals surface area contributed by atoms with Crippen LogP contribution < -0.4 is 10.1 Å². The lowest BCUT2D eigenvalue weighted by molar-refractivity contribution is 0.414. The highest BCUT2D eigenvalue weighted by Crippen LogP contribution is 2.21. The van der Waals surface area contributed by atoms with E-state index in [0.29, 0.717) is 23.0 Å². The first-order valence-electron chi connectivity index (χ1n) is 6.44. The molecule has 0 bridgehead atoms. The van der Waals surface area contributed by atoms with E-state index in [9.17, 15) is 5.26 Å². The lowest BCUT2D eigenvalue weighted by Gasteiger charge is -2.09. The predicted octanol–water partition coefficient (Wildman–Crippen LogP) is 2.73. The van der Waals surface area contributed by atoms with E-state index in [-0.39, 0.29) is 0 Å². The van der Waals surface area contributed by atoms with Crippen molar-refractivity contribution in [3.63, 3.8) is 0 Å². The van der Waals surface area contributed by atoms with Crippen LogP contribution in [-0.4, -0.2) is 29.9 Å². The van der Waals surface area contributed by atoms with Crippen LogP contribution in [0.2, 0.25) is 0 Å². The van der Waals surface area contributed by atoms with Gasteiger partial charge >= 0.3 is 0 Å². The van der Waals surface area contributed by atoms with Gasteiger partial charge in [-0.05, 0) is 30.4 Å². The van der Waals surface area contributed by atoms with Gasteiger partial charge in [-0.1, -0.05) is 12.1 Å². The molecule has 1 aromatic heterocycles. The molecule has 6 heteroatoms. The van der Waals surface area contributed by atoms with E-state index in [2.05, 4.69) is 21.4 Å². The topological polar surface area (TPSA) is 70.8 Å². The van der Waals surface area contributed by atoms with Crippen LogP contribution in [0, 0.1) is 11.3 Å². The second-order valence-corrected chi connectivity index (χ2v) is 5.04. The van der Waals surface area contributed by atoms with E-state index < -0.39 is 0 Å². The van der Waals surface area contributed by atoms with Crippen molar-refractivity contribution in [3.8, 4) is 11.8 Å². The number of hydrogen-bond acceptors (Lipinski definition) is 6. The standard InChI is InChI=1S/C15H16N4OS/c1-20-12-5-3-11(4-6-12)7-8-17-14-13(9-16)15(21-2)19-10-18-14/h3-6,10H,7-8H2,1-2H3,(H,17,18,19). The molecular formula is C15H16N4OS. The van der Waals surface area contributed by atoms with Crippen molar-refractivity contribution in [1.82, 2.24) is 9.97 Å². The van der Waals surface area contributed by atoms with E-state index >= 15 is 0 Å². The van der Waals surface area contributed by atoms with E-state index in [0.717, 1.165) is 12.2 Å². The molecule has 0 radical (unpaired) electrons. The summed E-state index contributed by atoms with van der Waals surface area (Å²) in [5, 5.41) is 13.1. The number of rotatable bonds is 6. The van der Waals surface area contributed by atoms with Gasteiger partial charge in [-0.15, -0.1) is 11.8 Å². The molecule has 5 nitrogen and oxygen atoms in total. The molecule has 1 heterocycles. The molecular weight excluding hydrogens is 284 g/mol. The number of methoxy groups -OCH3 is 1. The number of anilines is 1. The number of benzene rings is 1. The predicted molar refractivity (Wildman–Crippen MR) is 83.7 cm³/mol. The second kappa shape index (κ2) is 7.50. The molecule has 2 aromatic rings. The number of aromatic nitrogens is 2. The summed E-state index contributed by atoms with van der Waals surface area (Å²) in [6.45, 7) is 0.700. The molecule has 108 valence electrons. The lowest BCUT2D eigenvalue weighted by atomic mass is 10.1. The summed E-state index contributed by atoms with van der Waals surface area (Å²) in [6.07, 6.45) is 4.21. The van der Waals surface area contributed by atoms with E-state index in [4.69, 9.17) is 4.74 Å². The third-order valence-electron chi connectivity index (χ3n) is 2.98. The molecule has 0 saturated heterocycles. The first kappa shape index (κ1) is 15.1. The van der Waals surface area contributed by atoms with Crippen molar-refractivity contribution < 1.29 is 4.74 Å². The molecule has 0 aliphatic carbocycles. The van der Waals surface area contributed by atoms with Crippen LogP contribution >= 0.6 is 11.8 Å². The Labute approximate surface area is 128 Å². The molecule has 0 saturated carbocycles. The Morgan fingerprint density at radius 3 is 2.67 bits per heavy atom. The summed E-state index contributed by atoms with van der Waals surface area (Å²) in [5.74, 6) is 1.43. The van der Waals surface area contributed by atoms with Gasteiger partial charge in [-0.2, -0.15) is 5.26 Å². The molecule has 0 fully saturated rings. The monoisotopic (exact) mass is 300 g/mol. The normalized spacial score (nSPS) is 9.95. The van der Waals surface area contributed by atoms with E-state index in [1.165, 1.54) is 23.7 Å². The van der Waals surface area contributed by atoms with E-state index in [1.54, 1.807) is 7.11 Å². The second-order valence-electron chi connectivity index (χ2n) is 4.24. The third kappa shape index (κ3) is 3.86. The number of nitriles is 1. The highest BCUT2D eigenvalue weighted by molar-refractivity contribution is 7.98. The third-order valence-corrected chi connectivity index (χ3v) is 3.68. The van der Waals surface area contributed by atoms with Gasteiger partial charge in [0.05, 0.1) is 7.11 Å². The molecule has 0 aliphatic rings. The van der Waals surface area contributed by atoms with Gasteiger partial charge in [0, 0.05) is 6.54 Å². The maximum absolute atomic E-state index is 9.21. The van der Waals surface area contributed by atoms with Crippen LogP contribution in [0.25, 0.3) is 0 Å². The van der Waals surface area contributed by atoms with E-state index in [1.807, 2.05) is 30.5 Å². The molecule has 0 amide bonds. The number of nitrogens with zero attached hydrogens (tertiary/aromatic N) is 3. The number of hydrogen-bond donors (Lipinski definition) is 1. The molecule has 0 unspecified atom stereocenters. The summed E-state index contributed by atoms with van der Waals surface area (Å²) in [4.78, 5) is 8.23. The van der Waals surface area contributed by atoms with Crippen LogP contribution in [0.15, 0.2) is 35.6 Å². The van der Waals surface area contributed by atoms with Gasteiger partial charge in [0.2, 0.25) is 0 Å². The fourth-order valence-corrected chi connectivity index (χ4v) is 2.38. The Morgan fingerprint density at radius 2 is 2.05 bits per heavy atom. The van der Waals surface area contributed by atoms with Crippen molar-refractivity contribution in [2.24, 2.45) is 0 Å². The summed E-state index contributed by atoms with van der Waals surface area (Å²) in [6, 6.07) is 10.1. The summed E-state index contributed by atoms with van der Waals surface area (Å²) >= 11 is 1.44. The number of ether oxygens (including phenoxy) is 1. The van der Waals surface area contributed by atoms with Gasteiger partial charge in [-0.25, -0.2) is 9.97 Å². The first-order chi connectivity index (χ1) is 10.3. The quantitative estimate of drug-likeness (QED) is 0.653. The van der Waals surface area contributed by atoms with Gasteiger partial charge in [0.15, 0.2) is 0 Å². The summed E-state index contributed by atoms with van der Waals surface area (Å²) < 4.78 is 5.13. The lowest BCUT2D eigenvalue weighted by Crippen LogP contribution is -2.09. The van der Waals surface area contributed by atoms with Gasteiger partial charge in [0.1, 0.15) is 34.6 Å². The maximum atomic E-state index is 9.21. The highest BCUT2D eigenvalue weighted by atomic mass is 32.2. The number of thioether (sulfide) groups is 1. The Bertz CT molecular complexity index is 637. The Kier molecular flexibility index (Phi) is 5.41. The summed E-state index contributed by atoms with van der Waals surface area (Å²) in [5.41, 5.74) is 1.70. The Hall–Kier alpha value is -2.26. The van der Waals surface area contributed by atoms with Crippen molar-refractivity contribution >= 4 is 17.6 Å². The fourth-order valence-electron chi connectivity index (χ4n) is 1.88. The Morgan fingerprint density at radius 1 is 1.29 bits per heavy atom. The minimum atomic E-state index is 0.500. The van der Waals surface area contributed by atoms with Crippen molar-refractivity contribution in [2.45, 2.75) is 11.4 Å². The van der Waals surface area contributed by atoms with Crippen LogP contribution in [0.3, 0.4) is 0 Å². The molecule has 21 heavy (non-hydrogen) atoms. The molecule has 0 atom stereocenters. The molecule has 0 spiro atoms. The molecule has 0 aliphatic heterocycles. The van der Waals surface area contributed by atoms with Gasteiger partial charge in [-0.3, -0.25) is 0 Å². The van der Waals surface area contributed by atoms with Crippen LogP contribution in [0.5, 0.6) is 5.75 Å². The highest BCUT2D eigenvalue weighted by Gasteiger charge is 2.09. The summed E-state index contributed by atoms with van der Waals surface area (Å²) in [7, 11) is 1.65. The Balaban J connectivity index is 1.98. The average Bonchev–Trinajstić information content (AvgIpc) is 2.55. The fraction of sp³-hybridized carbons (Fsp3) is 0.267. The van der Waals surface area contributed by atoms with Crippen molar-refractivity contribution in [3.05, 3.63) is 41.7 Å². The molecule has 1 N–H and O–H groups in total. The van der Waals surface area contributed by atoms with Crippen LogP contribution in [0.1, 0.15) is 11.1 Å². The zero-order valence-corrected chi connectivity index (χ0v) is 12.8. The van der Waals surface area contributed by atoms with Crippen molar-refractivity contribution in [2.75, 3.05) is 25.2 Å². The molecule has 2 rings (SSSR count). The first-order valence-corrected chi connectivity index (χ1v) is 7.67. The number of nitrogens with one attached hydrogen (secondary N) is 1. The smallest absolute Gasteiger partial charge is 0.148 e. The van der Waals surface area contributed by atoms with Crippen LogP contribution in [-0.2, 0) is 6.42 Å². The zero-order chi connectivity index (χ0) is 15.1. The molecule has 1 aromatic carbocycles. The maximum Gasteiger partial charge on any atom is 0.148 e. The zero-order valence-electron chi connectivity index (χ0n) is 12.0. The SMILES string of the molecule is COc1ccc(CCNc2ncnc(SC)c2C#N)cc1. The van der Waals surface area contributed by atoms with Gasteiger partial charge < -0.3 is 10.1 Å².